The van der Waals surface area contributed by atoms with Gasteiger partial charge in [0.15, 0.2) is 0 Å². The molecule has 1 aromatic carbocycles. The van der Waals surface area contributed by atoms with Gasteiger partial charge in [-0.2, -0.15) is 0 Å². The zero-order valence-electron chi connectivity index (χ0n) is 11.4. The Bertz CT molecular complexity index is 424. The summed E-state index contributed by atoms with van der Waals surface area (Å²) >= 11 is 0. The summed E-state index contributed by atoms with van der Waals surface area (Å²) in [6, 6.07) is 4.51. The van der Waals surface area contributed by atoms with Crippen molar-refractivity contribution in [2.24, 2.45) is 5.41 Å². The molecular formula is C14H21FN2O. The minimum atomic E-state index is -0.403. The third-order valence-corrected chi connectivity index (χ3v) is 2.39. The van der Waals surface area contributed by atoms with E-state index < -0.39 is 5.82 Å². The second-order valence-corrected chi connectivity index (χ2v) is 5.44. The molecule has 0 aliphatic rings. The maximum Gasteiger partial charge on any atom is 0.253 e. The number of anilines is 1. The van der Waals surface area contributed by atoms with Crippen LogP contribution in [0.15, 0.2) is 18.2 Å². The Kier molecular flexibility index (Phi) is 4.70. The third-order valence-electron chi connectivity index (χ3n) is 2.39. The Balaban J connectivity index is 2.88. The van der Waals surface area contributed by atoms with E-state index in [1.807, 2.05) is 27.7 Å². The van der Waals surface area contributed by atoms with E-state index in [9.17, 15) is 9.18 Å². The summed E-state index contributed by atoms with van der Waals surface area (Å²) in [6.45, 7) is 9.08. The number of para-hydroxylation sites is 1. The molecule has 1 aromatic rings. The maximum absolute atomic E-state index is 13.6. The molecule has 0 spiro atoms. The smallest absolute Gasteiger partial charge is 0.253 e. The number of halogens is 1. The molecule has 1 rings (SSSR count). The van der Waals surface area contributed by atoms with E-state index >= 15 is 0 Å². The molecule has 0 fully saturated rings. The molecule has 4 heteroatoms. The van der Waals surface area contributed by atoms with Gasteiger partial charge in [-0.15, -0.1) is 0 Å². The average molecular weight is 252 g/mol. The Hall–Kier alpha value is -1.58. The van der Waals surface area contributed by atoms with E-state index in [4.69, 9.17) is 0 Å². The zero-order valence-corrected chi connectivity index (χ0v) is 11.4. The van der Waals surface area contributed by atoms with Gasteiger partial charge in [-0.25, -0.2) is 4.39 Å². The Morgan fingerprint density at radius 1 is 1.33 bits per heavy atom. The predicted molar refractivity (Wildman–Crippen MR) is 72.4 cm³/mol. The number of carbonyl (C=O) groups excluding carboxylic acids is 1. The van der Waals surface area contributed by atoms with Crippen molar-refractivity contribution in [2.75, 3.05) is 18.4 Å². The van der Waals surface area contributed by atoms with Crippen LogP contribution in [0.25, 0.3) is 0 Å². The first-order valence-corrected chi connectivity index (χ1v) is 6.15. The topological polar surface area (TPSA) is 41.1 Å². The summed E-state index contributed by atoms with van der Waals surface area (Å²) in [5, 5.41) is 5.71. The Labute approximate surface area is 108 Å². The SMILES string of the molecule is CCNc1c(F)cccc1C(=O)NCC(C)(C)C. The van der Waals surface area contributed by atoms with Crippen LogP contribution >= 0.6 is 0 Å². The van der Waals surface area contributed by atoms with E-state index in [0.717, 1.165) is 0 Å². The number of benzene rings is 1. The summed E-state index contributed by atoms with van der Waals surface area (Å²) in [6.07, 6.45) is 0. The molecular weight excluding hydrogens is 231 g/mol. The lowest BCUT2D eigenvalue weighted by molar-refractivity contribution is 0.0939. The van der Waals surface area contributed by atoms with Crippen molar-refractivity contribution >= 4 is 11.6 Å². The fourth-order valence-electron chi connectivity index (χ4n) is 1.51. The lowest BCUT2D eigenvalue weighted by Gasteiger charge is -2.19. The highest BCUT2D eigenvalue weighted by atomic mass is 19.1. The van der Waals surface area contributed by atoms with Crippen molar-refractivity contribution < 1.29 is 9.18 Å². The lowest BCUT2D eigenvalue weighted by Crippen LogP contribution is -2.32. The predicted octanol–water partition coefficient (Wildman–Crippen LogP) is 3.03. The summed E-state index contributed by atoms with van der Waals surface area (Å²) < 4.78 is 13.6. The summed E-state index contributed by atoms with van der Waals surface area (Å²) in [4.78, 5) is 12.0. The van der Waals surface area contributed by atoms with Gasteiger partial charge in [0.2, 0.25) is 0 Å². The second-order valence-electron chi connectivity index (χ2n) is 5.44. The van der Waals surface area contributed by atoms with E-state index in [0.29, 0.717) is 18.7 Å². The van der Waals surface area contributed by atoms with Crippen molar-refractivity contribution in [3.05, 3.63) is 29.6 Å². The fourth-order valence-corrected chi connectivity index (χ4v) is 1.51. The largest absolute Gasteiger partial charge is 0.382 e. The highest BCUT2D eigenvalue weighted by Gasteiger charge is 2.17. The molecule has 0 unspecified atom stereocenters. The van der Waals surface area contributed by atoms with E-state index in [-0.39, 0.29) is 17.0 Å². The summed E-state index contributed by atoms with van der Waals surface area (Å²) in [5.41, 5.74) is 0.619. The zero-order chi connectivity index (χ0) is 13.8. The molecule has 2 N–H and O–H groups in total. The summed E-state index contributed by atoms with van der Waals surface area (Å²) in [7, 11) is 0. The highest BCUT2D eigenvalue weighted by molar-refractivity contribution is 5.99. The molecule has 3 nitrogen and oxygen atoms in total. The van der Waals surface area contributed by atoms with Crippen LogP contribution in [-0.2, 0) is 0 Å². The van der Waals surface area contributed by atoms with Crippen molar-refractivity contribution in [3.8, 4) is 0 Å². The molecule has 0 aliphatic heterocycles. The maximum atomic E-state index is 13.6. The number of rotatable bonds is 4. The second kappa shape index (κ2) is 5.85. The van der Waals surface area contributed by atoms with Crippen LogP contribution in [0, 0.1) is 11.2 Å². The molecule has 0 atom stereocenters. The van der Waals surface area contributed by atoms with Crippen LogP contribution in [0.1, 0.15) is 38.1 Å². The van der Waals surface area contributed by atoms with Gasteiger partial charge in [0.1, 0.15) is 5.82 Å². The first-order chi connectivity index (χ1) is 8.35. The first-order valence-electron chi connectivity index (χ1n) is 6.15. The van der Waals surface area contributed by atoms with Gasteiger partial charge in [0, 0.05) is 13.1 Å². The van der Waals surface area contributed by atoms with Crippen LogP contribution < -0.4 is 10.6 Å². The minimum Gasteiger partial charge on any atom is -0.382 e. The number of carbonyl (C=O) groups is 1. The van der Waals surface area contributed by atoms with Crippen LogP contribution in [0.5, 0.6) is 0 Å². The molecule has 0 radical (unpaired) electrons. The van der Waals surface area contributed by atoms with Crippen molar-refractivity contribution in [3.63, 3.8) is 0 Å². The van der Waals surface area contributed by atoms with Gasteiger partial charge in [-0.3, -0.25) is 4.79 Å². The van der Waals surface area contributed by atoms with Gasteiger partial charge in [-0.1, -0.05) is 26.8 Å². The summed E-state index contributed by atoms with van der Waals surface area (Å²) in [5.74, 6) is -0.652. The molecule has 18 heavy (non-hydrogen) atoms. The monoisotopic (exact) mass is 252 g/mol. The first kappa shape index (κ1) is 14.5. The normalized spacial score (nSPS) is 11.2. The highest BCUT2D eigenvalue weighted by Crippen LogP contribution is 2.20. The lowest BCUT2D eigenvalue weighted by atomic mass is 9.97. The van der Waals surface area contributed by atoms with Gasteiger partial charge in [0.25, 0.3) is 5.91 Å². The standard InChI is InChI=1S/C14H21FN2O/c1-5-16-12-10(7-6-8-11(12)15)13(18)17-9-14(2,3)4/h6-8,16H,5,9H2,1-4H3,(H,17,18). The molecule has 1 amide bonds. The van der Waals surface area contributed by atoms with Crippen LogP contribution in [0.2, 0.25) is 0 Å². The molecule has 0 aromatic heterocycles. The van der Waals surface area contributed by atoms with Crippen LogP contribution in [-0.4, -0.2) is 19.0 Å². The molecule has 100 valence electrons. The van der Waals surface area contributed by atoms with Gasteiger partial charge >= 0.3 is 0 Å². The van der Waals surface area contributed by atoms with Gasteiger partial charge in [0.05, 0.1) is 11.3 Å². The van der Waals surface area contributed by atoms with Crippen molar-refractivity contribution in [1.29, 1.82) is 0 Å². The third kappa shape index (κ3) is 4.02. The van der Waals surface area contributed by atoms with E-state index in [1.54, 1.807) is 12.1 Å². The molecule has 0 aliphatic carbocycles. The molecule has 0 saturated heterocycles. The average Bonchev–Trinajstić information content (AvgIpc) is 2.28. The van der Waals surface area contributed by atoms with Crippen molar-refractivity contribution in [1.82, 2.24) is 5.32 Å². The Morgan fingerprint density at radius 2 is 2.00 bits per heavy atom. The van der Waals surface area contributed by atoms with Crippen LogP contribution in [0.4, 0.5) is 10.1 Å². The number of hydrogen-bond acceptors (Lipinski definition) is 2. The Morgan fingerprint density at radius 3 is 2.56 bits per heavy atom. The number of hydrogen-bond donors (Lipinski definition) is 2. The van der Waals surface area contributed by atoms with Gasteiger partial charge in [-0.05, 0) is 24.5 Å². The minimum absolute atomic E-state index is 0.00132. The quantitative estimate of drug-likeness (QED) is 0.864. The number of amides is 1. The van der Waals surface area contributed by atoms with Crippen LogP contribution in [0.3, 0.4) is 0 Å². The molecule has 0 saturated carbocycles. The fraction of sp³-hybridized carbons (Fsp3) is 0.500. The van der Waals surface area contributed by atoms with E-state index in [2.05, 4.69) is 10.6 Å². The van der Waals surface area contributed by atoms with Gasteiger partial charge < -0.3 is 10.6 Å². The van der Waals surface area contributed by atoms with E-state index in [1.165, 1.54) is 6.07 Å². The molecule has 0 bridgehead atoms. The number of nitrogens with one attached hydrogen (secondary N) is 2. The molecule has 0 heterocycles. The van der Waals surface area contributed by atoms with Crippen molar-refractivity contribution in [2.45, 2.75) is 27.7 Å².